The molecule has 0 N–H and O–H groups in total. The number of halogens is 3. The highest BCUT2D eigenvalue weighted by Crippen LogP contribution is 2.20. The summed E-state index contributed by atoms with van der Waals surface area (Å²) >= 11 is 0. The first-order chi connectivity index (χ1) is 7.31. The van der Waals surface area contributed by atoms with E-state index in [9.17, 15) is 18.0 Å². The predicted molar refractivity (Wildman–Crippen MR) is 54.1 cm³/mol. The van der Waals surface area contributed by atoms with Crippen LogP contribution in [-0.4, -0.2) is 47.7 Å². The molecule has 1 heterocycles. The number of amides is 2. The van der Waals surface area contributed by atoms with Gasteiger partial charge >= 0.3 is 12.2 Å². The molecule has 3 nitrogen and oxygen atoms in total. The summed E-state index contributed by atoms with van der Waals surface area (Å²) in [5.74, 6) is 0. The van der Waals surface area contributed by atoms with Crippen LogP contribution >= 0.6 is 0 Å². The zero-order valence-electron chi connectivity index (χ0n) is 9.55. The van der Waals surface area contributed by atoms with E-state index in [1.165, 1.54) is 4.90 Å². The standard InChI is InChI=1S/C10H17F3N2O/c1-8(2)15(7-10(11,12)13)9(16)14-5-3-4-6-14/h8H,3-7H2,1-2H3. The van der Waals surface area contributed by atoms with Crippen LogP contribution in [0.15, 0.2) is 0 Å². The van der Waals surface area contributed by atoms with Gasteiger partial charge in [-0.05, 0) is 26.7 Å². The Kier molecular flexibility index (Phi) is 4.04. The SMILES string of the molecule is CC(C)N(CC(F)(F)F)C(=O)N1CCCC1. The van der Waals surface area contributed by atoms with Crippen LogP contribution in [0, 0.1) is 0 Å². The molecule has 94 valence electrons. The van der Waals surface area contributed by atoms with Gasteiger partial charge in [-0.3, -0.25) is 0 Å². The third kappa shape index (κ3) is 3.57. The lowest BCUT2D eigenvalue weighted by Crippen LogP contribution is -2.49. The maximum absolute atomic E-state index is 12.3. The second-order valence-corrected chi connectivity index (χ2v) is 4.31. The van der Waals surface area contributed by atoms with Gasteiger partial charge in [-0.1, -0.05) is 0 Å². The first-order valence-corrected chi connectivity index (χ1v) is 5.43. The van der Waals surface area contributed by atoms with Crippen molar-refractivity contribution >= 4 is 6.03 Å². The fraction of sp³-hybridized carbons (Fsp3) is 0.900. The van der Waals surface area contributed by atoms with Gasteiger partial charge in [0.05, 0.1) is 0 Å². The van der Waals surface area contributed by atoms with Gasteiger partial charge in [0.2, 0.25) is 0 Å². The van der Waals surface area contributed by atoms with E-state index in [0.717, 1.165) is 17.7 Å². The van der Waals surface area contributed by atoms with Crippen molar-refractivity contribution in [2.45, 2.75) is 38.9 Å². The maximum atomic E-state index is 12.3. The fourth-order valence-corrected chi connectivity index (χ4v) is 1.75. The summed E-state index contributed by atoms with van der Waals surface area (Å²) in [6.07, 6.45) is -2.58. The van der Waals surface area contributed by atoms with E-state index >= 15 is 0 Å². The minimum Gasteiger partial charge on any atom is -0.325 e. The van der Waals surface area contributed by atoms with Crippen LogP contribution in [0.25, 0.3) is 0 Å². The average Bonchev–Trinajstić information content (AvgIpc) is 2.63. The molecule has 1 saturated heterocycles. The van der Waals surface area contributed by atoms with Gasteiger partial charge in [0.25, 0.3) is 0 Å². The Morgan fingerprint density at radius 3 is 2.19 bits per heavy atom. The third-order valence-electron chi connectivity index (χ3n) is 2.60. The van der Waals surface area contributed by atoms with Crippen LogP contribution < -0.4 is 0 Å². The summed E-state index contributed by atoms with van der Waals surface area (Å²) in [5.41, 5.74) is 0. The van der Waals surface area contributed by atoms with Crippen molar-refractivity contribution in [3.8, 4) is 0 Å². The molecule has 0 aliphatic carbocycles. The van der Waals surface area contributed by atoms with E-state index in [4.69, 9.17) is 0 Å². The van der Waals surface area contributed by atoms with Gasteiger partial charge in [0.15, 0.2) is 0 Å². The highest BCUT2D eigenvalue weighted by atomic mass is 19.4. The van der Waals surface area contributed by atoms with Gasteiger partial charge in [-0.2, -0.15) is 13.2 Å². The van der Waals surface area contributed by atoms with Crippen molar-refractivity contribution in [2.75, 3.05) is 19.6 Å². The molecule has 16 heavy (non-hydrogen) atoms. The number of alkyl halides is 3. The molecule has 6 heteroatoms. The third-order valence-corrected chi connectivity index (χ3v) is 2.60. The molecule has 1 aliphatic heterocycles. The smallest absolute Gasteiger partial charge is 0.325 e. The van der Waals surface area contributed by atoms with Gasteiger partial charge in [-0.15, -0.1) is 0 Å². The van der Waals surface area contributed by atoms with Crippen LogP contribution in [0.2, 0.25) is 0 Å². The summed E-state index contributed by atoms with van der Waals surface area (Å²) in [7, 11) is 0. The minimum atomic E-state index is -4.33. The zero-order chi connectivity index (χ0) is 12.3. The average molecular weight is 238 g/mol. The van der Waals surface area contributed by atoms with Crippen LogP contribution in [0.3, 0.4) is 0 Å². The van der Waals surface area contributed by atoms with E-state index < -0.39 is 24.8 Å². The first kappa shape index (κ1) is 13.1. The van der Waals surface area contributed by atoms with Crippen molar-refractivity contribution in [3.05, 3.63) is 0 Å². The minimum absolute atomic E-state index is 0.435. The first-order valence-electron chi connectivity index (χ1n) is 5.43. The Morgan fingerprint density at radius 2 is 1.81 bits per heavy atom. The van der Waals surface area contributed by atoms with Crippen LogP contribution in [0.4, 0.5) is 18.0 Å². The van der Waals surface area contributed by atoms with Crippen LogP contribution in [0.1, 0.15) is 26.7 Å². The Labute approximate surface area is 93.2 Å². The van der Waals surface area contributed by atoms with Gasteiger partial charge in [-0.25, -0.2) is 4.79 Å². The second kappa shape index (κ2) is 4.93. The Morgan fingerprint density at radius 1 is 1.31 bits per heavy atom. The molecule has 0 saturated carbocycles. The lowest BCUT2D eigenvalue weighted by atomic mass is 10.3. The fourth-order valence-electron chi connectivity index (χ4n) is 1.75. The molecular weight excluding hydrogens is 221 g/mol. The molecule has 1 fully saturated rings. The van der Waals surface area contributed by atoms with E-state index in [2.05, 4.69) is 0 Å². The molecule has 0 unspecified atom stereocenters. The maximum Gasteiger partial charge on any atom is 0.406 e. The summed E-state index contributed by atoms with van der Waals surface area (Å²) in [4.78, 5) is 14.2. The quantitative estimate of drug-likeness (QED) is 0.725. The van der Waals surface area contributed by atoms with Crippen molar-refractivity contribution in [1.29, 1.82) is 0 Å². The van der Waals surface area contributed by atoms with E-state index in [1.807, 2.05) is 0 Å². The number of carbonyl (C=O) groups excluding carboxylic acids is 1. The largest absolute Gasteiger partial charge is 0.406 e. The summed E-state index contributed by atoms with van der Waals surface area (Å²) in [5, 5.41) is 0. The number of hydrogen-bond acceptors (Lipinski definition) is 1. The molecule has 0 bridgehead atoms. The topological polar surface area (TPSA) is 23.6 Å². The Hall–Kier alpha value is -0.940. The van der Waals surface area contributed by atoms with Crippen molar-refractivity contribution in [2.24, 2.45) is 0 Å². The lowest BCUT2D eigenvalue weighted by Gasteiger charge is -2.31. The van der Waals surface area contributed by atoms with Gasteiger partial charge in [0, 0.05) is 19.1 Å². The van der Waals surface area contributed by atoms with Crippen molar-refractivity contribution < 1.29 is 18.0 Å². The number of carbonyl (C=O) groups is 1. The van der Waals surface area contributed by atoms with Gasteiger partial charge in [0.1, 0.15) is 6.54 Å². The Balaban J connectivity index is 2.65. The van der Waals surface area contributed by atoms with Crippen LogP contribution in [-0.2, 0) is 0 Å². The van der Waals surface area contributed by atoms with Crippen LogP contribution in [0.5, 0.6) is 0 Å². The molecular formula is C10H17F3N2O. The number of nitrogens with zero attached hydrogens (tertiary/aromatic N) is 2. The normalized spacial score (nSPS) is 17.0. The molecule has 1 aliphatic rings. The second-order valence-electron chi connectivity index (χ2n) is 4.31. The van der Waals surface area contributed by atoms with E-state index in [1.54, 1.807) is 13.8 Å². The van der Waals surface area contributed by atoms with Crippen molar-refractivity contribution in [1.82, 2.24) is 9.80 Å². The highest BCUT2D eigenvalue weighted by molar-refractivity contribution is 5.75. The molecule has 0 radical (unpaired) electrons. The van der Waals surface area contributed by atoms with E-state index in [0.29, 0.717) is 13.1 Å². The number of likely N-dealkylation sites (tertiary alicyclic amines) is 1. The molecule has 0 atom stereocenters. The van der Waals surface area contributed by atoms with Gasteiger partial charge < -0.3 is 9.80 Å². The zero-order valence-corrected chi connectivity index (χ0v) is 9.55. The number of rotatable bonds is 2. The summed E-state index contributed by atoms with van der Waals surface area (Å²) in [6.45, 7) is 3.17. The predicted octanol–water partition coefficient (Wildman–Crippen LogP) is 2.47. The molecule has 0 aromatic rings. The lowest BCUT2D eigenvalue weighted by molar-refractivity contribution is -0.143. The Bertz CT molecular complexity index is 247. The molecule has 1 rings (SSSR count). The molecule has 2 amide bonds. The summed E-state index contributed by atoms with van der Waals surface area (Å²) < 4.78 is 36.9. The molecule has 0 aromatic carbocycles. The van der Waals surface area contributed by atoms with E-state index in [-0.39, 0.29) is 0 Å². The summed E-state index contributed by atoms with van der Waals surface area (Å²) in [6, 6.07) is -0.931. The van der Waals surface area contributed by atoms with Crippen molar-refractivity contribution in [3.63, 3.8) is 0 Å². The number of urea groups is 1. The molecule has 0 spiro atoms. The monoisotopic (exact) mass is 238 g/mol. The molecule has 0 aromatic heterocycles. The highest BCUT2D eigenvalue weighted by Gasteiger charge is 2.36. The number of hydrogen-bond donors (Lipinski definition) is 0.